The van der Waals surface area contributed by atoms with Crippen molar-refractivity contribution in [2.45, 2.75) is 31.6 Å². The Morgan fingerprint density at radius 3 is 1.97 bits per heavy atom. The van der Waals surface area contributed by atoms with Crippen molar-refractivity contribution in [3.63, 3.8) is 0 Å². The van der Waals surface area contributed by atoms with Crippen molar-refractivity contribution >= 4 is 6.29 Å². The van der Waals surface area contributed by atoms with Gasteiger partial charge in [-0.25, -0.2) is 0 Å². The maximum atomic E-state index is 13.3. The summed E-state index contributed by atoms with van der Waals surface area (Å²) in [5.74, 6) is 0. The maximum Gasteiger partial charge on any atom is 0.416 e. The Morgan fingerprint density at radius 1 is 0.862 bits per heavy atom. The number of halogens is 6. The van der Waals surface area contributed by atoms with Crippen LogP contribution in [0, 0.1) is 6.42 Å². The van der Waals surface area contributed by atoms with E-state index < -0.39 is 34.6 Å². The average Bonchev–Trinajstić information content (AvgIpc) is 2.66. The highest BCUT2D eigenvalue weighted by Gasteiger charge is 2.41. The molecule has 1 N–H and O–H groups in total. The van der Waals surface area contributed by atoms with Gasteiger partial charge in [-0.2, -0.15) is 26.3 Å². The van der Waals surface area contributed by atoms with Gasteiger partial charge in [-0.1, -0.05) is 30.3 Å². The van der Waals surface area contributed by atoms with Crippen molar-refractivity contribution in [1.29, 1.82) is 0 Å². The van der Waals surface area contributed by atoms with Gasteiger partial charge in [0.05, 0.1) is 11.1 Å². The number of alkyl halides is 6. The standard InChI is InChI=1S/C21H20F6NO/c22-20(23,24)18-12-16(14-29)13-19(21(25,26)27)17(18)9-5-11-28-10-4-8-15-6-2-1-3-7-15/h1-3,6-7,9,12-14,28H,4-5,8,10-11H2. The second kappa shape index (κ2) is 9.91. The normalized spacial score (nSPS) is 12.2. The molecule has 2 aromatic rings. The summed E-state index contributed by atoms with van der Waals surface area (Å²) in [6.07, 6.45) is -7.52. The first-order valence-electron chi connectivity index (χ1n) is 8.98. The van der Waals surface area contributed by atoms with E-state index in [0.29, 0.717) is 18.7 Å². The fourth-order valence-electron chi connectivity index (χ4n) is 2.94. The van der Waals surface area contributed by atoms with Crippen LogP contribution in [0.3, 0.4) is 0 Å². The first kappa shape index (κ1) is 22.9. The summed E-state index contributed by atoms with van der Waals surface area (Å²) in [6.45, 7) is 0.823. The predicted molar refractivity (Wildman–Crippen MR) is 97.5 cm³/mol. The monoisotopic (exact) mass is 416 g/mol. The van der Waals surface area contributed by atoms with Crippen molar-refractivity contribution in [3.05, 3.63) is 76.7 Å². The van der Waals surface area contributed by atoms with E-state index in [0.717, 1.165) is 24.8 Å². The fraction of sp³-hybridized carbons (Fsp3) is 0.333. The molecule has 2 nitrogen and oxygen atoms in total. The number of hydrogen-bond acceptors (Lipinski definition) is 2. The summed E-state index contributed by atoms with van der Waals surface area (Å²) < 4.78 is 79.5. The average molecular weight is 416 g/mol. The van der Waals surface area contributed by atoms with Crippen molar-refractivity contribution in [3.8, 4) is 0 Å². The largest absolute Gasteiger partial charge is 0.416 e. The number of carbonyl (C=O) groups excluding carboxylic acids is 1. The molecule has 0 saturated heterocycles. The lowest BCUT2D eigenvalue weighted by molar-refractivity contribution is -0.143. The minimum Gasteiger partial charge on any atom is -0.317 e. The molecule has 157 valence electrons. The molecule has 0 unspecified atom stereocenters. The van der Waals surface area contributed by atoms with Crippen molar-refractivity contribution in [2.24, 2.45) is 0 Å². The molecule has 0 spiro atoms. The van der Waals surface area contributed by atoms with Crippen LogP contribution in [0.2, 0.25) is 0 Å². The fourth-order valence-corrected chi connectivity index (χ4v) is 2.94. The highest BCUT2D eigenvalue weighted by Crippen LogP contribution is 2.41. The third-order valence-corrected chi connectivity index (χ3v) is 4.28. The van der Waals surface area contributed by atoms with Gasteiger partial charge in [0.25, 0.3) is 0 Å². The first-order valence-corrected chi connectivity index (χ1v) is 8.98. The Balaban J connectivity index is 1.99. The van der Waals surface area contributed by atoms with Crippen LogP contribution in [0.1, 0.15) is 45.5 Å². The molecule has 0 aromatic heterocycles. The molecular weight excluding hydrogens is 396 g/mol. The minimum absolute atomic E-state index is 0.0159. The Labute approximate surface area is 164 Å². The van der Waals surface area contributed by atoms with Crippen LogP contribution >= 0.6 is 0 Å². The van der Waals surface area contributed by atoms with Crippen LogP contribution in [0.25, 0.3) is 0 Å². The van der Waals surface area contributed by atoms with Gasteiger partial charge in [0.2, 0.25) is 0 Å². The number of aldehydes is 1. The summed E-state index contributed by atoms with van der Waals surface area (Å²) in [4.78, 5) is 10.8. The SMILES string of the molecule is O=Cc1cc(C(F)(F)F)c([CH]CCNCCCc2ccccc2)c(C(F)(F)F)c1. The Morgan fingerprint density at radius 2 is 1.45 bits per heavy atom. The third kappa shape index (κ3) is 6.88. The van der Waals surface area contributed by atoms with Crippen molar-refractivity contribution < 1.29 is 31.1 Å². The van der Waals surface area contributed by atoms with Gasteiger partial charge in [0.15, 0.2) is 0 Å². The van der Waals surface area contributed by atoms with E-state index in [1.807, 2.05) is 30.3 Å². The first-order chi connectivity index (χ1) is 13.6. The molecule has 0 aliphatic heterocycles. The van der Waals surface area contributed by atoms with E-state index in [2.05, 4.69) is 5.32 Å². The van der Waals surface area contributed by atoms with Gasteiger partial charge in [0.1, 0.15) is 6.29 Å². The summed E-state index contributed by atoms with van der Waals surface area (Å²) in [6, 6.07) is 10.6. The Hall–Kier alpha value is -2.35. The second-order valence-corrected chi connectivity index (χ2v) is 6.48. The van der Waals surface area contributed by atoms with Gasteiger partial charge in [-0.05, 0) is 62.0 Å². The van der Waals surface area contributed by atoms with Crippen molar-refractivity contribution in [2.75, 3.05) is 13.1 Å². The lowest BCUT2D eigenvalue weighted by atomic mass is 9.93. The molecule has 0 saturated carbocycles. The van der Waals surface area contributed by atoms with Gasteiger partial charge in [-0.3, -0.25) is 4.79 Å². The predicted octanol–water partition coefficient (Wildman–Crippen LogP) is 5.70. The molecule has 2 aromatic carbocycles. The Kier molecular flexibility index (Phi) is 7.84. The van der Waals surface area contributed by atoms with E-state index in [9.17, 15) is 31.1 Å². The van der Waals surface area contributed by atoms with Gasteiger partial charge in [-0.15, -0.1) is 0 Å². The van der Waals surface area contributed by atoms with Crippen LogP contribution in [0.15, 0.2) is 42.5 Å². The Bertz CT molecular complexity index is 764. The van der Waals surface area contributed by atoms with Gasteiger partial charge in [0, 0.05) is 5.56 Å². The number of benzene rings is 2. The lowest BCUT2D eigenvalue weighted by Crippen LogP contribution is -2.20. The van der Waals surface area contributed by atoms with Crippen LogP contribution in [0.4, 0.5) is 26.3 Å². The summed E-state index contributed by atoms with van der Waals surface area (Å²) in [5.41, 5.74) is -3.37. The number of hydrogen-bond donors (Lipinski definition) is 1. The quantitative estimate of drug-likeness (QED) is 0.323. The number of nitrogens with one attached hydrogen (secondary N) is 1. The molecule has 0 aliphatic carbocycles. The van der Waals surface area contributed by atoms with Crippen LogP contribution in [0.5, 0.6) is 0 Å². The molecule has 0 atom stereocenters. The van der Waals surface area contributed by atoms with E-state index >= 15 is 0 Å². The topological polar surface area (TPSA) is 29.1 Å². The summed E-state index contributed by atoms with van der Waals surface area (Å²) in [7, 11) is 0. The minimum atomic E-state index is -5.01. The zero-order chi connectivity index (χ0) is 21.5. The smallest absolute Gasteiger partial charge is 0.317 e. The molecule has 0 fully saturated rings. The highest BCUT2D eigenvalue weighted by atomic mass is 19.4. The molecule has 29 heavy (non-hydrogen) atoms. The van der Waals surface area contributed by atoms with E-state index in [-0.39, 0.29) is 19.3 Å². The van der Waals surface area contributed by atoms with E-state index in [4.69, 9.17) is 0 Å². The van der Waals surface area contributed by atoms with Gasteiger partial charge >= 0.3 is 12.4 Å². The van der Waals surface area contributed by atoms with Crippen molar-refractivity contribution in [1.82, 2.24) is 5.32 Å². The summed E-state index contributed by atoms with van der Waals surface area (Å²) >= 11 is 0. The van der Waals surface area contributed by atoms with E-state index in [1.165, 1.54) is 0 Å². The van der Waals surface area contributed by atoms with E-state index in [1.54, 1.807) is 0 Å². The lowest BCUT2D eigenvalue weighted by Gasteiger charge is -2.19. The zero-order valence-corrected chi connectivity index (χ0v) is 15.4. The van der Waals surface area contributed by atoms with Gasteiger partial charge < -0.3 is 5.32 Å². The number of rotatable bonds is 9. The summed E-state index contributed by atoms with van der Waals surface area (Å²) in [5, 5.41) is 3.01. The zero-order valence-electron chi connectivity index (χ0n) is 15.4. The second-order valence-electron chi connectivity index (χ2n) is 6.48. The molecule has 8 heteroatoms. The molecular formula is C21H20F6NO. The number of carbonyl (C=O) groups is 1. The third-order valence-electron chi connectivity index (χ3n) is 4.28. The number of aryl methyl sites for hydroxylation is 1. The van der Waals surface area contributed by atoms with Crippen LogP contribution in [-0.4, -0.2) is 19.4 Å². The van der Waals surface area contributed by atoms with Crippen LogP contribution in [-0.2, 0) is 18.8 Å². The highest BCUT2D eigenvalue weighted by molar-refractivity contribution is 5.76. The molecule has 0 aliphatic rings. The van der Waals surface area contributed by atoms with Crippen LogP contribution < -0.4 is 5.32 Å². The maximum absolute atomic E-state index is 13.3. The molecule has 1 radical (unpaired) electrons. The molecule has 0 heterocycles. The molecule has 2 rings (SSSR count). The molecule has 0 bridgehead atoms. The molecule has 0 amide bonds.